The zero-order valence-electron chi connectivity index (χ0n) is 37.6. The van der Waals surface area contributed by atoms with Crippen LogP contribution in [0.2, 0.25) is 0 Å². The van der Waals surface area contributed by atoms with Crippen LogP contribution >= 0.6 is 0 Å². The van der Waals surface area contributed by atoms with Crippen LogP contribution in [0.3, 0.4) is 0 Å². The summed E-state index contributed by atoms with van der Waals surface area (Å²) >= 11 is 0. The van der Waals surface area contributed by atoms with Crippen LogP contribution in [-0.4, -0.2) is 0 Å². The quantitative estimate of drug-likeness (QED) is 0.145. The number of nitrogens with zero attached hydrogens (tertiary/aromatic N) is 1. The SMILES string of the molecule is c1ccc(-c2ccc(-c3ccc(N(c4ccc(-c5ccc(-c6ccc7c(c6)oc6ccccc67)cc5)cc4)c4ccc(-c5ccc(-c6ccc7c(c6)oc6ccccc67)cc5)cc4)cc3)cc2)cc1. The average molecular weight is 882 g/mol. The maximum atomic E-state index is 6.20. The molecular formula is C66H43NO2. The van der Waals surface area contributed by atoms with Crippen LogP contribution in [0.25, 0.3) is 111 Å². The monoisotopic (exact) mass is 881 g/mol. The third kappa shape index (κ3) is 7.53. The summed E-state index contributed by atoms with van der Waals surface area (Å²) in [6.07, 6.45) is 0. The van der Waals surface area contributed by atoms with Crippen molar-refractivity contribution in [3.8, 4) is 66.8 Å². The summed E-state index contributed by atoms with van der Waals surface area (Å²) in [6, 6.07) is 93.2. The van der Waals surface area contributed by atoms with E-state index in [0.717, 1.165) is 105 Å². The van der Waals surface area contributed by atoms with Crippen molar-refractivity contribution in [3.63, 3.8) is 0 Å². The van der Waals surface area contributed by atoms with Gasteiger partial charge in [0.05, 0.1) is 0 Å². The molecule has 2 heterocycles. The Kier molecular flexibility index (Phi) is 9.84. The number of hydrogen-bond donors (Lipinski definition) is 0. The lowest BCUT2D eigenvalue weighted by molar-refractivity contribution is 0.668. The van der Waals surface area contributed by atoms with Gasteiger partial charge in [-0.2, -0.15) is 0 Å². The molecule has 0 aliphatic heterocycles. The van der Waals surface area contributed by atoms with Gasteiger partial charge >= 0.3 is 0 Å². The Bertz CT molecular complexity index is 3740. The number of furan rings is 2. The predicted molar refractivity (Wildman–Crippen MR) is 288 cm³/mol. The second-order valence-corrected chi connectivity index (χ2v) is 17.7. The van der Waals surface area contributed by atoms with Gasteiger partial charge in [0, 0.05) is 38.6 Å². The van der Waals surface area contributed by atoms with Crippen LogP contribution in [0.1, 0.15) is 0 Å². The van der Waals surface area contributed by atoms with E-state index in [1.165, 1.54) is 22.3 Å². The van der Waals surface area contributed by atoms with Crippen LogP contribution in [0.5, 0.6) is 0 Å². The molecule has 13 rings (SSSR count). The third-order valence-corrected chi connectivity index (χ3v) is 13.6. The Morgan fingerprint density at radius 1 is 0.188 bits per heavy atom. The molecule has 0 fully saturated rings. The molecule has 0 aliphatic carbocycles. The topological polar surface area (TPSA) is 29.5 Å². The fourth-order valence-corrected chi connectivity index (χ4v) is 9.86. The minimum Gasteiger partial charge on any atom is -0.456 e. The lowest BCUT2D eigenvalue weighted by Gasteiger charge is -2.26. The number of rotatable bonds is 9. The number of hydrogen-bond acceptors (Lipinski definition) is 3. The highest BCUT2D eigenvalue weighted by Crippen LogP contribution is 2.40. The summed E-state index contributed by atoms with van der Waals surface area (Å²) in [5.41, 5.74) is 20.9. The van der Waals surface area contributed by atoms with Gasteiger partial charge in [-0.25, -0.2) is 0 Å². The zero-order chi connectivity index (χ0) is 45.7. The molecule has 13 aromatic rings. The maximum absolute atomic E-state index is 6.20. The van der Waals surface area contributed by atoms with Gasteiger partial charge in [0.1, 0.15) is 22.3 Å². The van der Waals surface area contributed by atoms with Crippen LogP contribution in [0.4, 0.5) is 17.1 Å². The van der Waals surface area contributed by atoms with Crippen molar-refractivity contribution in [1.29, 1.82) is 0 Å². The molecule has 0 atom stereocenters. The summed E-state index contributed by atoms with van der Waals surface area (Å²) in [4.78, 5) is 2.34. The van der Waals surface area contributed by atoms with Crippen LogP contribution in [-0.2, 0) is 0 Å². The molecule has 69 heavy (non-hydrogen) atoms. The minimum absolute atomic E-state index is 0.906. The molecule has 0 bridgehead atoms. The largest absolute Gasteiger partial charge is 0.456 e. The maximum Gasteiger partial charge on any atom is 0.136 e. The van der Waals surface area contributed by atoms with E-state index in [0.29, 0.717) is 0 Å². The molecule has 0 spiro atoms. The van der Waals surface area contributed by atoms with Crippen molar-refractivity contribution in [3.05, 3.63) is 261 Å². The number of para-hydroxylation sites is 2. The Labute approximate surface area is 400 Å². The van der Waals surface area contributed by atoms with Gasteiger partial charge in [-0.15, -0.1) is 0 Å². The highest BCUT2D eigenvalue weighted by Gasteiger charge is 2.16. The van der Waals surface area contributed by atoms with Gasteiger partial charge in [0.25, 0.3) is 0 Å². The summed E-state index contributed by atoms with van der Waals surface area (Å²) < 4.78 is 12.4. The average Bonchev–Trinajstić information content (AvgIpc) is 4.00. The van der Waals surface area contributed by atoms with Crippen molar-refractivity contribution >= 4 is 60.9 Å². The number of anilines is 3. The van der Waals surface area contributed by atoms with Gasteiger partial charge in [0.2, 0.25) is 0 Å². The van der Waals surface area contributed by atoms with E-state index in [9.17, 15) is 0 Å². The Morgan fingerprint density at radius 3 is 0.783 bits per heavy atom. The van der Waals surface area contributed by atoms with E-state index in [1.807, 2.05) is 24.3 Å². The fourth-order valence-electron chi connectivity index (χ4n) is 9.86. The molecule has 0 radical (unpaired) electrons. The second kappa shape index (κ2) is 16.9. The summed E-state index contributed by atoms with van der Waals surface area (Å²) in [6.45, 7) is 0. The molecule has 2 aromatic heterocycles. The molecule has 0 saturated heterocycles. The zero-order valence-corrected chi connectivity index (χ0v) is 37.6. The molecule has 0 amide bonds. The van der Waals surface area contributed by atoms with E-state index in [2.05, 4.69) is 241 Å². The Hall–Kier alpha value is -9.18. The number of fused-ring (bicyclic) bond motifs is 6. The van der Waals surface area contributed by atoms with Crippen LogP contribution in [0.15, 0.2) is 270 Å². The molecule has 3 nitrogen and oxygen atoms in total. The number of benzene rings is 11. The van der Waals surface area contributed by atoms with Gasteiger partial charge in [-0.3, -0.25) is 0 Å². The summed E-state index contributed by atoms with van der Waals surface area (Å²) in [7, 11) is 0. The standard InChI is InChI=1S/C66H43NO2/c1-2-8-44(9-3-1)45-14-16-46(17-15-45)49-26-34-56(35-27-49)67(57-36-28-50(29-37-57)47-18-22-52(23-19-47)54-32-40-61-59-10-4-6-12-63(59)68-65(61)42-54)58-38-30-51(31-39-58)48-20-24-53(25-21-48)55-33-41-62-60-11-5-7-13-64(60)69-66(62)43-55/h1-43H. The van der Waals surface area contributed by atoms with Crippen molar-refractivity contribution in [2.45, 2.75) is 0 Å². The van der Waals surface area contributed by atoms with E-state index in [1.54, 1.807) is 0 Å². The normalized spacial score (nSPS) is 11.5. The van der Waals surface area contributed by atoms with Crippen molar-refractivity contribution in [1.82, 2.24) is 0 Å². The van der Waals surface area contributed by atoms with E-state index in [-0.39, 0.29) is 0 Å². The lowest BCUT2D eigenvalue weighted by atomic mass is 9.98. The highest BCUT2D eigenvalue weighted by molar-refractivity contribution is 6.07. The van der Waals surface area contributed by atoms with Crippen molar-refractivity contribution in [2.24, 2.45) is 0 Å². The fraction of sp³-hybridized carbons (Fsp3) is 0. The van der Waals surface area contributed by atoms with E-state index in [4.69, 9.17) is 8.83 Å². The smallest absolute Gasteiger partial charge is 0.136 e. The van der Waals surface area contributed by atoms with E-state index >= 15 is 0 Å². The molecule has 0 aliphatic rings. The lowest BCUT2D eigenvalue weighted by Crippen LogP contribution is -2.09. The Morgan fingerprint density at radius 2 is 0.435 bits per heavy atom. The van der Waals surface area contributed by atoms with Crippen LogP contribution < -0.4 is 4.90 Å². The van der Waals surface area contributed by atoms with Gasteiger partial charge in [-0.05, 0) is 140 Å². The minimum atomic E-state index is 0.906. The van der Waals surface area contributed by atoms with E-state index < -0.39 is 0 Å². The van der Waals surface area contributed by atoms with Crippen molar-refractivity contribution in [2.75, 3.05) is 4.90 Å². The first kappa shape index (κ1) is 40.1. The molecule has 0 unspecified atom stereocenters. The van der Waals surface area contributed by atoms with Gasteiger partial charge in [0.15, 0.2) is 0 Å². The van der Waals surface area contributed by atoms with Gasteiger partial charge < -0.3 is 13.7 Å². The second-order valence-electron chi connectivity index (χ2n) is 17.7. The molecule has 324 valence electrons. The molecule has 0 saturated carbocycles. The van der Waals surface area contributed by atoms with Crippen LogP contribution in [0, 0.1) is 0 Å². The molecular weight excluding hydrogens is 839 g/mol. The summed E-state index contributed by atoms with van der Waals surface area (Å²) in [5, 5.41) is 4.57. The molecule has 0 N–H and O–H groups in total. The summed E-state index contributed by atoms with van der Waals surface area (Å²) in [5.74, 6) is 0. The third-order valence-electron chi connectivity index (χ3n) is 13.6. The first-order valence-electron chi connectivity index (χ1n) is 23.5. The highest BCUT2D eigenvalue weighted by atomic mass is 16.3. The molecule has 11 aromatic carbocycles. The Balaban J connectivity index is 0.789. The first-order chi connectivity index (χ1) is 34.1. The predicted octanol–water partition coefficient (Wildman–Crippen LogP) is 19.0. The first-order valence-corrected chi connectivity index (χ1v) is 23.5. The van der Waals surface area contributed by atoms with Gasteiger partial charge in [-0.1, -0.05) is 188 Å². The van der Waals surface area contributed by atoms with Crippen molar-refractivity contribution < 1.29 is 8.83 Å². The molecule has 3 heteroatoms.